The summed E-state index contributed by atoms with van der Waals surface area (Å²) < 4.78 is 0.788. The Morgan fingerprint density at radius 2 is 2.00 bits per heavy atom. The normalized spacial score (nSPS) is 57.6. The maximum absolute atomic E-state index is 2.65. The van der Waals surface area contributed by atoms with E-state index in [4.69, 9.17) is 0 Å². The number of hydrogen-bond donors (Lipinski definition) is 0. The molecule has 4 heterocycles. The predicted molar refractivity (Wildman–Crippen MR) is 44.4 cm³/mol. The van der Waals surface area contributed by atoms with Crippen molar-refractivity contribution >= 4 is 11.8 Å². The standard InChI is InChI=1S/C8H13NS/c1-3-9-4-2-7(1)8(5-9)6-10-8/h7H,1-6H2. The minimum atomic E-state index is 0.788. The number of rotatable bonds is 0. The molecule has 0 aliphatic carbocycles. The summed E-state index contributed by atoms with van der Waals surface area (Å²) in [6.07, 6.45) is 2.99. The van der Waals surface area contributed by atoms with E-state index in [0.717, 1.165) is 10.7 Å². The van der Waals surface area contributed by atoms with Gasteiger partial charge in [0.1, 0.15) is 0 Å². The van der Waals surface area contributed by atoms with E-state index in [1.54, 1.807) is 0 Å². The van der Waals surface area contributed by atoms with Gasteiger partial charge in [-0.3, -0.25) is 0 Å². The molecule has 0 aromatic heterocycles. The van der Waals surface area contributed by atoms with Crippen LogP contribution < -0.4 is 0 Å². The molecule has 1 atom stereocenters. The lowest BCUT2D eigenvalue weighted by Crippen LogP contribution is -2.51. The van der Waals surface area contributed by atoms with Crippen LogP contribution in [0.5, 0.6) is 0 Å². The monoisotopic (exact) mass is 155 g/mol. The summed E-state index contributed by atoms with van der Waals surface area (Å²) >= 11 is 2.21. The first-order chi connectivity index (χ1) is 4.89. The smallest absolute Gasteiger partial charge is 0.0406 e. The molecule has 4 aliphatic rings. The fourth-order valence-electron chi connectivity index (χ4n) is 2.54. The van der Waals surface area contributed by atoms with E-state index in [1.807, 2.05) is 0 Å². The van der Waals surface area contributed by atoms with Gasteiger partial charge in [0.25, 0.3) is 0 Å². The highest BCUT2D eigenvalue weighted by atomic mass is 32.2. The highest BCUT2D eigenvalue weighted by Gasteiger charge is 2.55. The summed E-state index contributed by atoms with van der Waals surface area (Å²) in [5.74, 6) is 2.57. The Labute approximate surface area is 66.2 Å². The number of thioether (sulfide) groups is 1. The first-order valence-corrected chi connectivity index (χ1v) is 5.24. The molecule has 10 heavy (non-hydrogen) atoms. The van der Waals surface area contributed by atoms with Crippen LogP contribution in [-0.4, -0.2) is 35.0 Å². The van der Waals surface area contributed by atoms with Gasteiger partial charge in [-0.15, -0.1) is 0 Å². The molecule has 4 saturated heterocycles. The Morgan fingerprint density at radius 3 is 2.30 bits per heavy atom. The van der Waals surface area contributed by atoms with Crippen molar-refractivity contribution < 1.29 is 0 Å². The van der Waals surface area contributed by atoms with Gasteiger partial charge in [-0.2, -0.15) is 11.8 Å². The van der Waals surface area contributed by atoms with E-state index < -0.39 is 0 Å². The summed E-state index contributed by atoms with van der Waals surface area (Å²) in [5, 5.41) is 0. The fraction of sp³-hybridized carbons (Fsp3) is 1.00. The number of nitrogens with zero attached hydrogens (tertiary/aromatic N) is 1. The van der Waals surface area contributed by atoms with Gasteiger partial charge in [-0.1, -0.05) is 0 Å². The minimum Gasteiger partial charge on any atom is -0.302 e. The summed E-state index contributed by atoms with van der Waals surface area (Å²) in [6.45, 7) is 4.21. The van der Waals surface area contributed by atoms with Gasteiger partial charge < -0.3 is 4.90 Å². The lowest BCUT2D eigenvalue weighted by atomic mass is 9.80. The molecular formula is C8H13NS. The predicted octanol–water partition coefficient (Wildman–Crippen LogP) is 1.20. The molecule has 4 fully saturated rings. The van der Waals surface area contributed by atoms with E-state index in [1.165, 1.54) is 38.2 Å². The second kappa shape index (κ2) is 1.72. The molecule has 1 unspecified atom stereocenters. The van der Waals surface area contributed by atoms with E-state index in [9.17, 15) is 0 Å². The summed E-state index contributed by atoms with van der Waals surface area (Å²) in [7, 11) is 0. The van der Waals surface area contributed by atoms with Gasteiger partial charge in [0, 0.05) is 17.0 Å². The maximum atomic E-state index is 2.65. The SMILES string of the molecule is C1CN2CCC1C1(CS1)C2. The molecule has 0 radical (unpaired) electrons. The van der Waals surface area contributed by atoms with Crippen LogP contribution in [0.2, 0.25) is 0 Å². The van der Waals surface area contributed by atoms with Gasteiger partial charge in [-0.25, -0.2) is 0 Å². The highest BCUT2D eigenvalue weighted by Crippen LogP contribution is 2.57. The van der Waals surface area contributed by atoms with Crippen LogP contribution >= 0.6 is 11.8 Å². The van der Waals surface area contributed by atoms with Crippen molar-refractivity contribution in [2.24, 2.45) is 5.92 Å². The first-order valence-electron chi connectivity index (χ1n) is 4.25. The van der Waals surface area contributed by atoms with Crippen LogP contribution in [0, 0.1) is 5.92 Å². The Balaban J connectivity index is 1.90. The molecule has 2 bridgehead atoms. The molecule has 1 spiro atoms. The van der Waals surface area contributed by atoms with Gasteiger partial charge >= 0.3 is 0 Å². The average Bonchev–Trinajstić information content (AvgIpc) is 2.72. The molecule has 4 rings (SSSR count). The fourth-order valence-corrected chi connectivity index (χ4v) is 3.80. The largest absolute Gasteiger partial charge is 0.302 e. The van der Waals surface area contributed by atoms with Crippen LogP contribution in [0.4, 0.5) is 0 Å². The van der Waals surface area contributed by atoms with Gasteiger partial charge in [0.05, 0.1) is 0 Å². The van der Waals surface area contributed by atoms with E-state index in [-0.39, 0.29) is 0 Å². The van der Waals surface area contributed by atoms with Crippen LogP contribution in [0.1, 0.15) is 12.8 Å². The van der Waals surface area contributed by atoms with Crippen LogP contribution in [0.15, 0.2) is 0 Å². The second-order valence-electron chi connectivity index (χ2n) is 3.90. The van der Waals surface area contributed by atoms with Crippen molar-refractivity contribution in [1.82, 2.24) is 4.90 Å². The molecule has 4 aliphatic heterocycles. The lowest BCUT2D eigenvalue weighted by molar-refractivity contribution is 0.0927. The molecular weight excluding hydrogens is 142 g/mol. The summed E-state index contributed by atoms with van der Waals surface area (Å²) in [5.41, 5.74) is 0. The van der Waals surface area contributed by atoms with Crippen molar-refractivity contribution in [3.05, 3.63) is 0 Å². The van der Waals surface area contributed by atoms with E-state index in [0.29, 0.717) is 0 Å². The minimum absolute atomic E-state index is 0.788. The zero-order valence-electron chi connectivity index (χ0n) is 6.18. The summed E-state index contributed by atoms with van der Waals surface area (Å²) in [6, 6.07) is 0. The average molecular weight is 155 g/mol. The van der Waals surface area contributed by atoms with Crippen molar-refractivity contribution in [3.8, 4) is 0 Å². The molecule has 1 nitrogen and oxygen atoms in total. The number of fused-ring (bicyclic) bond motifs is 2. The molecule has 0 aromatic rings. The van der Waals surface area contributed by atoms with Crippen LogP contribution in [0.3, 0.4) is 0 Å². The zero-order chi connectivity index (χ0) is 6.60. The molecule has 2 heteroatoms. The third-order valence-corrected chi connectivity index (χ3v) is 4.83. The molecule has 0 aromatic carbocycles. The van der Waals surface area contributed by atoms with Gasteiger partial charge in [0.2, 0.25) is 0 Å². The zero-order valence-corrected chi connectivity index (χ0v) is 6.99. The first kappa shape index (κ1) is 5.90. The van der Waals surface area contributed by atoms with Crippen molar-refractivity contribution in [3.63, 3.8) is 0 Å². The van der Waals surface area contributed by atoms with Gasteiger partial charge in [0.15, 0.2) is 0 Å². The third kappa shape index (κ3) is 0.641. The van der Waals surface area contributed by atoms with E-state index >= 15 is 0 Å². The molecule has 0 N–H and O–H groups in total. The molecule has 0 saturated carbocycles. The quantitative estimate of drug-likeness (QED) is 0.484. The Morgan fingerprint density at radius 1 is 1.30 bits per heavy atom. The molecule has 56 valence electrons. The van der Waals surface area contributed by atoms with Gasteiger partial charge in [-0.05, 0) is 31.8 Å². The van der Waals surface area contributed by atoms with Crippen molar-refractivity contribution in [2.75, 3.05) is 25.4 Å². The Hall–Kier alpha value is 0.310. The second-order valence-corrected chi connectivity index (χ2v) is 5.29. The third-order valence-electron chi connectivity index (χ3n) is 3.34. The topological polar surface area (TPSA) is 3.24 Å². The summed E-state index contributed by atoms with van der Waals surface area (Å²) in [4.78, 5) is 2.65. The lowest BCUT2D eigenvalue weighted by Gasteiger charge is -2.44. The number of hydrogen-bond acceptors (Lipinski definition) is 2. The van der Waals surface area contributed by atoms with Crippen LogP contribution in [0.25, 0.3) is 0 Å². The van der Waals surface area contributed by atoms with Crippen LogP contribution in [-0.2, 0) is 0 Å². The maximum Gasteiger partial charge on any atom is 0.0406 e. The van der Waals surface area contributed by atoms with Crippen molar-refractivity contribution in [1.29, 1.82) is 0 Å². The molecule has 0 amide bonds. The Kier molecular flexibility index (Phi) is 1.02. The van der Waals surface area contributed by atoms with E-state index in [2.05, 4.69) is 16.7 Å². The Bertz CT molecular complexity index is 157. The number of piperidine rings is 3. The van der Waals surface area contributed by atoms with Crippen molar-refractivity contribution in [2.45, 2.75) is 17.6 Å². The highest BCUT2D eigenvalue weighted by molar-refractivity contribution is 8.07.